The minimum absolute atomic E-state index is 0.0715. The lowest BCUT2D eigenvalue weighted by Crippen LogP contribution is -2.45. The summed E-state index contributed by atoms with van der Waals surface area (Å²) in [6.45, 7) is 2.71. The van der Waals surface area contributed by atoms with Gasteiger partial charge in [0, 0.05) is 43.2 Å². The maximum absolute atomic E-state index is 11.9. The minimum Gasteiger partial charge on any atom is -0.381 e. The number of hydrogen-bond acceptors (Lipinski definition) is 3. The molecule has 2 rings (SSSR count). The van der Waals surface area contributed by atoms with Gasteiger partial charge in [0.1, 0.15) is 0 Å². The number of nitrogens with one attached hydrogen (secondary N) is 2. The van der Waals surface area contributed by atoms with Crippen molar-refractivity contribution in [1.29, 1.82) is 0 Å². The average Bonchev–Trinajstić information content (AvgIpc) is 2.52. The Morgan fingerprint density at radius 3 is 2.71 bits per heavy atom. The van der Waals surface area contributed by atoms with Gasteiger partial charge < -0.3 is 15.4 Å². The number of carbonyl (C=O) groups is 1. The second-order valence-electron chi connectivity index (χ2n) is 5.50. The lowest BCUT2D eigenvalue weighted by atomic mass is 9.74. The van der Waals surface area contributed by atoms with Gasteiger partial charge in [-0.3, -0.25) is 4.79 Å². The minimum atomic E-state index is -0.119. The highest BCUT2D eigenvalue weighted by molar-refractivity contribution is 6.31. The maximum atomic E-state index is 11.9. The molecular formula is C16H23ClN2O2. The zero-order valence-electron chi connectivity index (χ0n) is 12.5. The molecule has 1 aliphatic heterocycles. The van der Waals surface area contributed by atoms with Crippen molar-refractivity contribution < 1.29 is 9.53 Å². The van der Waals surface area contributed by atoms with Crippen molar-refractivity contribution in [3.63, 3.8) is 0 Å². The van der Waals surface area contributed by atoms with Crippen LogP contribution >= 0.6 is 11.6 Å². The highest BCUT2D eigenvalue weighted by atomic mass is 35.5. The van der Waals surface area contributed by atoms with Crippen LogP contribution in [0.5, 0.6) is 0 Å². The first-order chi connectivity index (χ1) is 10.2. The molecule has 1 aromatic carbocycles. The average molecular weight is 311 g/mol. The van der Waals surface area contributed by atoms with Gasteiger partial charge in [-0.1, -0.05) is 29.8 Å². The third-order valence-corrected chi connectivity index (χ3v) is 4.45. The third kappa shape index (κ3) is 4.19. The van der Waals surface area contributed by atoms with E-state index in [0.717, 1.165) is 23.4 Å². The standard InChI is InChI=1S/C16H23ClN2O2/c1-18-9-6-15(20)19-12-16(7-10-21-11-8-16)13-4-2-3-5-14(13)17/h2-5,18H,6-12H2,1H3,(H,19,20). The summed E-state index contributed by atoms with van der Waals surface area (Å²) in [6, 6.07) is 7.91. The number of ether oxygens (including phenoxy) is 1. The molecule has 2 N–H and O–H groups in total. The van der Waals surface area contributed by atoms with E-state index >= 15 is 0 Å². The summed E-state index contributed by atoms with van der Waals surface area (Å²) < 4.78 is 5.49. The molecule has 116 valence electrons. The molecule has 1 fully saturated rings. The Bertz CT molecular complexity index is 473. The first kappa shape index (κ1) is 16.3. The summed E-state index contributed by atoms with van der Waals surface area (Å²) in [5.41, 5.74) is 0.996. The van der Waals surface area contributed by atoms with Crippen molar-refractivity contribution in [3.8, 4) is 0 Å². The molecule has 5 heteroatoms. The predicted molar refractivity (Wildman–Crippen MR) is 84.7 cm³/mol. The fourth-order valence-electron chi connectivity index (χ4n) is 2.79. The third-order valence-electron chi connectivity index (χ3n) is 4.12. The van der Waals surface area contributed by atoms with Crippen molar-refractivity contribution in [2.45, 2.75) is 24.7 Å². The molecule has 0 spiro atoms. The Balaban J connectivity index is 2.11. The van der Waals surface area contributed by atoms with E-state index in [1.165, 1.54) is 0 Å². The molecule has 0 atom stereocenters. The van der Waals surface area contributed by atoms with Crippen LogP contribution in [0.2, 0.25) is 5.02 Å². The van der Waals surface area contributed by atoms with Gasteiger partial charge >= 0.3 is 0 Å². The second-order valence-corrected chi connectivity index (χ2v) is 5.91. The van der Waals surface area contributed by atoms with Crippen LogP contribution < -0.4 is 10.6 Å². The molecule has 1 aliphatic rings. The van der Waals surface area contributed by atoms with E-state index in [-0.39, 0.29) is 11.3 Å². The molecule has 1 amide bonds. The maximum Gasteiger partial charge on any atom is 0.221 e. The lowest BCUT2D eigenvalue weighted by Gasteiger charge is -2.38. The van der Waals surface area contributed by atoms with Crippen molar-refractivity contribution in [1.82, 2.24) is 10.6 Å². The SMILES string of the molecule is CNCCC(=O)NCC1(c2ccccc2Cl)CCOCC1. The largest absolute Gasteiger partial charge is 0.381 e. The summed E-state index contributed by atoms with van der Waals surface area (Å²) in [5, 5.41) is 6.81. The van der Waals surface area contributed by atoms with E-state index in [9.17, 15) is 4.79 Å². The van der Waals surface area contributed by atoms with Crippen molar-refractivity contribution >= 4 is 17.5 Å². The van der Waals surface area contributed by atoms with Crippen LogP contribution in [0.1, 0.15) is 24.8 Å². The first-order valence-electron chi connectivity index (χ1n) is 7.42. The summed E-state index contributed by atoms with van der Waals surface area (Å²) in [4.78, 5) is 11.9. The van der Waals surface area contributed by atoms with Gasteiger partial charge in [0.05, 0.1) is 0 Å². The van der Waals surface area contributed by atoms with Crippen molar-refractivity contribution in [2.75, 3.05) is 33.4 Å². The Kier molecular flexibility index (Phi) is 6.03. The van der Waals surface area contributed by atoms with Crippen LogP contribution in [0.15, 0.2) is 24.3 Å². The summed E-state index contributed by atoms with van der Waals surface area (Å²) in [6.07, 6.45) is 2.25. The van der Waals surface area contributed by atoms with Gasteiger partial charge in [-0.15, -0.1) is 0 Å². The van der Waals surface area contributed by atoms with Crippen LogP contribution in [-0.2, 0) is 14.9 Å². The quantitative estimate of drug-likeness (QED) is 0.846. The monoisotopic (exact) mass is 310 g/mol. The Labute approximate surface area is 131 Å². The first-order valence-corrected chi connectivity index (χ1v) is 7.80. The van der Waals surface area contributed by atoms with Gasteiger partial charge in [-0.25, -0.2) is 0 Å². The fourth-order valence-corrected chi connectivity index (χ4v) is 3.13. The van der Waals surface area contributed by atoms with E-state index in [4.69, 9.17) is 16.3 Å². The van der Waals surface area contributed by atoms with Crippen LogP contribution in [-0.4, -0.2) is 39.3 Å². The van der Waals surface area contributed by atoms with Gasteiger partial charge in [-0.05, 0) is 31.5 Å². The molecule has 1 heterocycles. The van der Waals surface area contributed by atoms with E-state index < -0.39 is 0 Å². The van der Waals surface area contributed by atoms with Gasteiger partial charge in [-0.2, -0.15) is 0 Å². The molecule has 1 saturated heterocycles. The topological polar surface area (TPSA) is 50.4 Å². The molecule has 0 saturated carbocycles. The van der Waals surface area contributed by atoms with Crippen LogP contribution in [0, 0.1) is 0 Å². The van der Waals surface area contributed by atoms with Crippen LogP contribution in [0.4, 0.5) is 0 Å². The smallest absolute Gasteiger partial charge is 0.221 e. The molecule has 0 unspecified atom stereocenters. The molecule has 0 radical (unpaired) electrons. The fraction of sp³-hybridized carbons (Fsp3) is 0.562. The highest BCUT2D eigenvalue weighted by Crippen LogP contribution is 2.38. The number of halogens is 1. The Morgan fingerprint density at radius 1 is 1.33 bits per heavy atom. The summed E-state index contributed by atoms with van der Waals surface area (Å²) in [5.74, 6) is 0.0715. The Hall–Kier alpha value is -1.10. The van der Waals surface area contributed by atoms with Crippen LogP contribution in [0.25, 0.3) is 0 Å². The van der Waals surface area contributed by atoms with Gasteiger partial charge in [0.2, 0.25) is 5.91 Å². The number of amides is 1. The lowest BCUT2D eigenvalue weighted by molar-refractivity contribution is -0.121. The van der Waals surface area contributed by atoms with E-state index in [2.05, 4.69) is 16.7 Å². The normalized spacial score (nSPS) is 17.4. The highest BCUT2D eigenvalue weighted by Gasteiger charge is 2.36. The summed E-state index contributed by atoms with van der Waals surface area (Å²) >= 11 is 6.38. The zero-order chi connectivity index (χ0) is 15.1. The number of rotatable bonds is 6. The number of hydrogen-bond donors (Lipinski definition) is 2. The number of benzene rings is 1. The number of carbonyl (C=O) groups excluding carboxylic acids is 1. The molecule has 0 aliphatic carbocycles. The summed E-state index contributed by atoms with van der Waals surface area (Å²) in [7, 11) is 1.84. The molecular weight excluding hydrogens is 288 g/mol. The van der Waals surface area contributed by atoms with Crippen molar-refractivity contribution in [3.05, 3.63) is 34.9 Å². The predicted octanol–water partition coefficient (Wildman–Crippen LogP) is 2.11. The molecule has 1 aromatic rings. The van der Waals surface area contributed by atoms with Gasteiger partial charge in [0.15, 0.2) is 0 Å². The molecule has 0 bridgehead atoms. The molecule has 0 aromatic heterocycles. The van der Waals surface area contributed by atoms with E-state index in [1.54, 1.807) is 0 Å². The van der Waals surface area contributed by atoms with Crippen molar-refractivity contribution in [2.24, 2.45) is 0 Å². The molecule has 21 heavy (non-hydrogen) atoms. The van der Waals surface area contributed by atoms with E-state index in [1.807, 2.05) is 25.2 Å². The van der Waals surface area contributed by atoms with E-state index in [0.29, 0.717) is 32.7 Å². The van der Waals surface area contributed by atoms with Crippen LogP contribution in [0.3, 0.4) is 0 Å². The van der Waals surface area contributed by atoms with Gasteiger partial charge in [0.25, 0.3) is 0 Å². The Morgan fingerprint density at radius 2 is 2.05 bits per heavy atom. The zero-order valence-corrected chi connectivity index (χ0v) is 13.2. The molecule has 4 nitrogen and oxygen atoms in total. The second kappa shape index (κ2) is 7.78.